The highest BCUT2D eigenvalue weighted by Gasteiger charge is 2.10. The van der Waals surface area contributed by atoms with E-state index in [1.807, 2.05) is 0 Å². The van der Waals surface area contributed by atoms with Crippen LogP contribution in [0.5, 0.6) is 0 Å². The van der Waals surface area contributed by atoms with Crippen LogP contribution in [0, 0.1) is 5.92 Å². The lowest BCUT2D eigenvalue weighted by Crippen LogP contribution is -2.21. The molecule has 5 heteroatoms. The lowest BCUT2D eigenvalue weighted by atomic mass is 10.1. The standard InChI is InChI=1S/C11H21N3O2/c1-8(2)12-6-11-14-13-10(16-11)5-9(3)7-15-4/h8-9,12H,5-7H2,1-4H3. The minimum atomic E-state index is 0.399. The van der Waals surface area contributed by atoms with Crippen LogP contribution in [-0.2, 0) is 17.7 Å². The molecule has 0 radical (unpaired) electrons. The summed E-state index contributed by atoms with van der Waals surface area (Å²) in [7, 11) is 1.70. The fraction of sp³-hybridized carbons (Fsp3) is 0.818. The molecule has 1 N–H and O–H groups in total. The van der Waals surface area contributed by atoms with E-state index in [1.54, 1.807) is 7.11 Å². The summed E-state index contributed by atoms with van der Waals surface area (Å²) in [5, 5.41) is 11.2. The van der Waals surface area contributed by atoms with Gasteiger partial charge >= 0.3 is 0 Å². The van der Waals surface area contributed by atoms with E-state index >= 15 is 0 Å². The van der Waals surface area contributed by atoms with Crippen molar-refractivity contribution in [3.05, 3.63) is 11.8 Å². The van der Waals surface area contributed by atoms with Gasteiger partial charge in [-0.2, -0.15) is 0 Å². The van der Waals surface area contributed by atoms with Gasteiger partial charge in [-0.1, -0.05) is 20.8 Å². The Kier molecular flexibility index (Phi) is 5.42. The van der Waals surface area contributed by atoms with Crippen molar-refractivity contribution in [3.63, 3.8) is 0 Å². The van der Waals surface area contributed by atoms with E-state index in [1.165, 1.54) is 0 Å². The lowest BCUT2D eigenvalue weighted by Gasteiger charge is -2.06. The third-order valence-corrected chi connectivity index (χ3v) is 2.14. The maximum atomic E-state index is 5.51. The van der Waals surface area contributed by atoms with Crippen LogP contribution in [0.4, 0.5) is 0 Å². The molecule has 0 fully saturated rings. The second-order valence-corrected chi connectivity index (χ2v) is 4.39. The van der Waals surface area contributed by atoms with E-state index in [9.17, 15) is 0 Å². The molecule has 1 heterocycles. The Morgan fingerprint density at radius 2 is 1.94 bits per heavy atom. The summed E-state index contributed by atoms with van der Waals surface area (Å²) in [5.41, 5.74) is 0. The van der Waals surface area contributed by atoms with Crippen molar-refractivity contribution in [1.29, 1.82) is 0 Å². The van der Waals surface area contributed by atoms with E-state index in [2.05, 4.69) is 36.3 Å². The van der Waals surface area contributed by atoms with E-state index in [-0.39, 0.29) is 0 Å². The van der Waals surface area contributed by atoms with Gasteiger partial charge in [0, 0.05) is 26.2 Å². The van der Waals surface area contributed by atoms with Crippen LogP contribution >= 0.6 is 0 Å². The molecule has 1 atom stereocenters. The molecule has 16 heavy (non-hydrogen) atoms. The Labute approximate surface area is 96.6 Å². The van der Waals surface area contributed by atoms with Gasteiger partial charge in [0.25, 0.3) is 0 Å². The molecule has 0 aliphatic heterocycles. The summed E-state index contributed by atoms with van der Waals surface area (Å²) in [4.78, 5) is 0. The van der Waals surface area contributed by atoms with Crippen molar-refractivity contribution in [2.24, 2.45) is 5.92 Å². The molecule has 1 aromatic heterocycles. The quantitative estimate of drug-likeness (QED) is 0.762. The third kappa shape index (κ3) is 4.72. The molecule has 1 rings (SSSR count). The number of aromatic nitrogens is 2. The van der Waals surface area contributed by atoms with Crippen molar-refractivity contribution in [2.75, 3.05) is 13.7 Å². The minimum absolute atomic E-state index is 0.399. The van der Waals surface area contributed by atoms with Gasteiger partial charge in [0.2, 0.25) is 11.8 Å². The maximum Gasteiger partial charge on any atom is 0.230 e. The number of methoxy groups -OCH3 is 1. The molecule has 0 saturated carbocycles. The molecule has 0 amide bonds. The first-order valence-electron chi connectivity index (χ1n) is 5.65. The van der Waals surface area contributed by atoms with Crippen LogP contribution in [-0.4, -0.2) is 30.0 Å². The van der Waals surface area contributed by atoms with Gasteiger partial charge in [-0.25, -0.2) is 0 Å². The fourth-order valence-electron chi connectivity index (χ4n) is 1.38. The zero-order valence-electron chi connectivity index (χ0n) is 10.5. The zero-order chi connectivity index (χ0) is 12.0. The molecule has 0 aliphatic rings. The molecule has 0 saturated heterocycles. The monoisotopic (exact) mass is 227 g/mol. The average molecular weight is 227 g/mol. The fourth-order valence-corrected chi connectivity index (χ4v) is 1.38. The highest BCUT2D eigenvalue weighted by molar-refractivity contribution is 4.83. The highest BCUT2D eigenvalue weighted by atomic mass is 16.5. The van der Waals surface area contributed by atoms with Crippen molar-refractivity contribution in [2.45, 2.75) is 39.8 Å². The SMILES string of the molecule is COCC(C)Cc1nnc(CNC(C)C)o1. The molecule has 0 aliphatic carbocycles. The average Bonchev–Trinajstić information content (AvgIpc) is 2.63. The molecule has 0 bridgehead atoms. The summed E-state index contributed by atoms with van der Waals surface area (Å²) < 4.78 is 10.6. The van der Waals surface area contributed by atoms with Gasteiger partial charge in [0.1, 0.15) is 0 Å². The van der Waals surface area contributed by atoms with Crippen molar-refractivity contribution < 1.29 is 9.15 Å². The summed E-state index contributed by atoms with van der Waals surface area (Å²) in [6.45, 7) is 7.60. The van der Waals surface area contributed by atoms with Crippen molar-refractivity contribution in [1.82, 2.24) is 15.5 Å². The van der Waals surface area contributed by atoms with Gasteiger partial charge in [-0.05, 0) is 5.92 Å². The van der Waals surface area contributed by atoms with Gasteiger partial charge in [-0.15, -0.1) is 10.2 Å². The zero-order valence-corrected chi connectivity index (χ0v) is 10.5. The summed E-state index contributed by atoms with van der Waals surface area (Å²) in [6.07, 6.45) is 0.766. The molecule has 1 unspecified atom stereocenters. The first-order valence-corrected chi connectivity index (χ1v) is 5.65. The maximum absolute atomic E-state index is 5.51. The second-order valence-electron chi connectivity index (χ2n) is 4.39. The Morgan fingerprint density at radius 1 is 1.25 bits per heavy atom. The predicted octanol–water partition coefficient (Wildman–Crippen LogP) is 1.39. The Balaban J connectivity index is 2.39. The van der Waals surface area contributed by atoms with Crippen LogP contribution in [0.25, 0.3) is 0 Å². The number of hydrogen-bond donors (Lipinski definition) is 1. The normalized spacial score (nSPS) is 13.3. The van der Waals surface area contributed by atoms with E-state index in [0.717, 1.165) is 6.42 Å². The first kappa shape index (κ1) is 13.1. The number of hydrogen-bond acceptors (Lipinski definition) is 5. The predicted molar refractivity (Wildman–Crippen MR) is 61.0 cm³/mol. The van der Waals surface area contributed by atoms with Crippen LogP contribution < -0.4 is 5.32 Å². The van der Waals surface area contributed by atoms with Gasteiger partial charge in [-0.3, -0.25) is 0 Å². The van der Waals surface area contributed by atoms with Gasteiger partial charge in [0.15, 0.2) is 0 Å². The van der Waals surface area contributed by atoms with E-state index in [0.29, 0.717) is 36.9 Å². The lowest BCUT2D eigenvalue weighted by molar-refractivity contribution is 0.156. The molecular weight excluding hydrogens is 206 g/mol. The molecule has 5 nitrogen and oxygen atoms in total. The molecule has 1 aromatic rings. The summed E-state index contributed by atoms with van der Waals surface area (Å²) in [6, 6.07) is 0.419. The minimum Gasteiger partial charge on any atom is -0.424 e. The topological polar surface area (TPSA) is 60.2 Å². The highest BCUT2D eigenvalue weighted by Crippen LogP contribution is 2.07. The molecular formula is C11H21N3O2. The van der Waals surface area contributed by atoms with E-state index < -0.39 is 0 Å². The number of nitrogens with one attached hydrogen (secondary N) is 1. The first-order chi connectivity index (χ1) is 7.61. The molecule has 0 spiro atoms. The summed E-state index contributed by atoms with van der Waals surface area (Å²) in [5.74, 6) is 1.73. The third-order valence-electron chi connectivity index (χ3n) is 2.14. The smallest absolute Gasteiger partial charge is 0.230 e. The van der Waals surface area contributed by atoms with Crippen LogP contribution in [0.2, 0.25) is 0 Å². The van der Waals surface area contributed by atoms with E-state index in [4.69, 9.17) is 9.15 Å². The van der Waals surface area contributed by atoms with Crippen LogP contribution in [0.1, 0.15) is 32.6 Å². The Hall–Kier alpha value is -0.940. The van der Waals surface area contributed by atoms with Gasteiger partial charge in [0.05, 0.1) is 6.54 Å². The van der Waals surface area contributed by atoms with Gasteiger partial charge < -0.3 is 14.5 Å². The van der Waals surface area contributed by atoms with Crippen LogP contribution in [0.15, 0.2) is 4.42 Å². The molecule has 92 valence electrons. The van der Waals surface area contributed by atoms with Crippen LogP contribution in [0.3, 0.4) is 0 Å². The summed E-state index contributed by atoms with van der Waals surface area (Å²) >= 11 is 0. The Morgan fingerprint density at radius 3 is 2.56 bits per heavy atom. The molecule has 0 aromatic carbocycles. The Bertz CT molecular complexity index is 299. The number of ether oxygens (including phenoxy) is 1. The number of rotatable bonds is 7. The largest absolute Gasteiger partial charge is 0.424 e. The number of nitrogens with zero attached hydrogens (tertiary/aromatic N) is 2. The van der Waals surface area contributed by atoms with Crippen molar-refractivity contribution >= 4 is 0 Å². The second kappa shape index (κ2) is 6.60. The van der Waals surface area contributed by atoms with Crippen molar-refractivity contribution in [3.8, 4) is 0 Å².